The number of carbonyl (C=O) groups is 2. The van der Waals surface area contributed by atoms with E-state index in [1.807, 2.05) is 0 Å². The van der Waals surface area contributed by atoms with E-state index in [9.17, 15) is 18.0 Å². The number of nitrogens with one attached hydrogen (secondary N) is 3. The van der Waals surface area contributed by atoms with Gasteiger partial charge in [-0.1, -0.05) is 41.4 Å². The largest absolute Gasteiger partial charge is 0.444 e. The number of ether oxygens (including phenoxy) is 2. The molecule has 10 nitrogen and oxygen atoms in total. The molecule has 0 atom stereocenters. The predicted octanol–water partition coefficient (Wildman–Crippen LogP) is 5.70. The Morgan fingerprint density at radius 1 is 0.919 bits per heavy atom. The molecule has 0 radical (unpaired) electrons. The number of amides is 2. The molecule has 2 amide bonds. The van der Waals surface area contributed by atoms with Gasteiger partial charge in [0.25, 0.3) is 10.0 Å². The van der Waals surface area contributed by atoms with Crippen LogP contribution in [0.2, 0.25) is 10.0 Å². The van der Waals surface area contributed by atoms with Crippen LogP contribution in [0.4, 0.5) is 15.3 Å². The highest BCUT2D eigenvalue weighted by molar-refractivity contribution is 7.92. The highest BCUT2D eigenvalue weighted by Gasteiger charge is 2.21. The van der Waals surface area contributed by atoms with Crippen molar-refractivity contribution in [1.82, 2.24) is 10.6 Å². The zero-order valence-electron chi connectivity index (χ0n) is 21.3. The van der Waals surface area contributed by atoms with E-state index >= 15 is 0 Å². The lowest BCUT2D eigenvalue weighted by Gasteiger charge is -2.21. The molecule has 0 saturated carbocycles. The standard InChI is InChI=1S/C24H30Cl2N4O6S/c1-23(2,3)35-21(31)28-20(29-22(32)36-24(4,5)6)27-14-15-10-12-16(13-11-15)30-37(33,34)18-9-7-8-17(25)19(18)26/h7-13,30H,14H2,1-6H3,(H2,27,28,29,31,32). The summed E-state index contributed by atoms with van der Waals surface area (Å²) in [6, 6.07) is 10.7. The maximum atomic E-state index is 12.7. The molecular formula is C24H30Cl2N4O6S. The predicted molar refractivity (Wildman–Crippen MR) is 144 cm³/mol. The van der Waals surface area contributed by atoms with Gasteiger partial charge >= 0.3 is 12.2 Å². The van der Waals surface area contributed by atoms with Crippen molar-refractivity contribution in [3.63, 3.8) is 0 Å². The molecule has 37 heavy (non-hydrogen) atoms. The molecule has 0 unspecified atom stereocenters. The Morgan fingerprint density at radius 3 is 2.08 bits per heavy atom. The maximum absolute atomic E-state index is 12.7. The quantitative estimate of drug-likeness (QED) is 0.309. The molecule has 0 fully saturated rings. The van der Waals surface area contributed by atoms with E-state index in [0.29, 0.717) is 5.56 Å². The Labute approximate surface area is 226 Å². The number of sulfonamides is 1. The lowest BCUT2D eigenvalue weighted by Crippen LogP contribution is -2.44. The van der Waals surface area contributed by atoms with Gasteiger partial charge in [-0.2, -0.15) is 0 Å². The second-order valence-electron chi connectivity index (χ2n) is 9.78. The molecule has 3 N–H and O–H groups in total. The minimum atomic E-state index is -3.98. The number of carbonyl (C=O) groups excluding carboxylic acids is 2. The van der Waals surface area contributed by atoms with Crippen LogP contribution in [-0.2, 0) is 26.0 Å². The van der Waals surface area contributed by atoms with E-state index in [-0.39, 0.29) is 33.1 Å². The van der Waals surface area contributed by atoms with Gasteiger partial charge in [-0.15, -0.1) is 4.99 Å². The third-order valence-corrected chi connectivity index (χ3v) is 6.44. The highest BCUT2D eigenvalue weighted by Crippen LogP contribution is 2.30. The van der Waals surface area contributed by atoms with Gasteiger partial charge in [-0.25, -0.2) is 18.0 Å². The van der Waals surface area contributed by atoms with Crippen LogP contribution in [0.25, 0.3) is 0 Å². The van der Waals surface area contributed by atoms with Crippen molar-refractivity contribution in [2.24, 2.45) is 4.99 Å². The van der Waals surface area contributed by atoms with Crippen LogP contribution in [0.15, 0.2) is 52.4 Å². The number of guanidine groups is 1. The van der Waals surface area contributed by atoms with Crippen molar-refractivity contribution in [2.45, 2.75) is 64.2 Å². The van der Waals surface area contributed by atoms with Crippen LogP contribution in [0.3, 0.4) is 0 Å². The molecule has 0 bridgehead atoms. The average molecular weight is 573 g/mol. The van der Waals surface area contributed by atoms with Crippen molar-refractivity contribution in [2.75, 3.05) is 4.72 Å². The van der Waals surface area contributed by atoms with Crippen LogP contribution in [-0.4, -0.2) is 37.8 Å². The molecule has 13 heteroatoms. The molecular weight excluding hydrogens is 543 g/mol. The third-order valence-electron chi connectivity index (χ3n) is 4.09. The van der Waals surface area contributed by atoms with Gasteiger partial charge in [0.2, 0.25) is 5.96 Å². The molecule has 2 aromatic carbocycles. The van der Waals surface area contributed by atoms with Gasteiger partial charge < -0.3 is 14.8 Å². The number of anilines is 1. The summed E-state index contributed by atoms with van der Waals surface area (Å²) in [6.45, 7) is 10.3. The SMILES string of the molecule is CC(C)(C)OC(=O)N=C(NCc1ccc(NS(=O)(=O)c2cccc(Cl)c2Cl)cc1)NC(=O)OC(C)(C)C. The van der Waals surface area contributed by atoms with Crippen molar-refractivity contribution < 1.29 is 27.5 Å². The van der Waals surface area contributed by atoms with Crippen LogP contribution >= 0.6 is 23.2 Å². The lowest BCUT2D eigenvalue weighted by atomic mass is 10.2. The van der Waals surface area contributed by atoms with Crippen LogP contribution in [0.5, 0.6) is 0 Å². The monoisotopic (exact) mass is 572 g/mol. The summed E-state index contributed by atoms with van der Waals surface area (Å²) in [5, 5.41) is 5.28. The molecule has 0 aliphatic carbocycles. The summed E-state index contributed by atoms with van der Waals surface area (Å²) >= 11 is 12.0. The molecule has 0 saturated heterocycles. The summed E-state index contributed by atoms with van der Waals surface area (Å²) in [5.41, 5.74) is -0.573. The van der Waals surface area contributed by atoms with Crippen LogP contribution in [0, 0.1) is 0 Å². The minimum Gasteiger partial charge on any atom is -0.444 e. The van der Waals surface area contributed by atoms with Crippen molar-refractivity contribution in [1.29, 1.82) is 0 Å². The first-order valence-electron chi connectivity index (χ1n) is 11.1. The number of alkyl carbamates (subject to hydrolysis) is 1. The second-order valence-corrected chi connectivity index (χ2v) is 12.2. The molecule has 0 spiro atoms. The molecule has 0 aromatic heterocycles. The fourth-order valence-corrected chi connectivity index (χ4v) is 4.49. The first-order valence-corrected chi connectivity index (χ1v) is 13.3. The maximum Gasteiger partial charge on any atom is 0.437 e. The number of halogens is 2. The van der Waals surface area contributed by atoms with Gasteiger partial charge in [0.15, 0.2) is 0 Å². The van der Waals surface area contributed by atoms with Gasteiger partial charge in [0.1, 0.15) is 16.1 Å². The van der Waals surface area contributed by atoms with Gasteiger partial charge in [0, 0.05) is 12.2 Å². The highest BCUT2D eigenvalue weighted by atomic mass is 35.5. The van der Waals surface area contributed by atoms with E-state index in [4.69, 9.17) is 32.7 Å². The smallest absolute Gasteiger partial charge is 0.437 e. The zero-order chi connectivity index (χ0) is 28.0. The normalized spacial score (nSPS) is 12.5. The van der Waals surface area contributed by atoms with Crippen molar-refractivity contribution in [3.05, 3.63) is 58.1 Å². The Kier molecular flexibility index (Phi) is 9.81. The Morgan fingerprint density at radius 2 is 1.51 bits per heavy atom. The van der Waals surface area contributed by atoms with Crippen LogP contribution < -0.4 is 15.4 Å². The fraction of sp³-hybridized carbons (Fsp3) is 0.375. The number of hydrogen-bond donors (Lipinski definition) is 3. The molecule has 2 aromatic rings. The fourth-order valence-electron chi connectivity index (χ4n) is 2.67. The first-order chi connectivity index (χ1) is 16.9. The number of hydrogen-bond acceptors (Lipinski definition) is 6. The number of benzene rings is 2. The molecule has 2 rings (SSSR count). The molecule has 0 heterocycles. The number of rotatable bonds is 5. The van der Waals surface area contributed by atoms with Gasteiger partial charge in [0.05, 0.1) is 10.0 Å². The number of nitrogens with zero attached hydrogens (tertiary/aromatic N) is 1. The average Bonchev–Trinajstić information content (AvgIpc) is 2.72. The van der Waals surface area contributed by atoms with Crippen LogP contribution in [0.1, 0.15) is 47.1 Å². The van der Waals surface area contributed by atoms with E-state index in [0.717, 1.165) is 0 Å². The van der Waals surface area contributed by atoms with Crippen molar-refractivity contribution >= 4 is 57.1 Å². The Bertz CT molecular complexity index is 1270. The Hall–Kier alpha value is -3.02. The molecule has 202 valence electrons. The number of aliphatic imine (C=N–C) groups is 1. The summed E-state index contributed by atoms with van der Waals surface area (Å²) in [4.78, 5) is 28.0. The van der Waals surface area contributed by atoms with Gasteiger partial charge in [-0.05, 0) is 71.4 Å². The summed E-state index contributed by atoms with van der Waals surface area (Å²) in [5.74, 6) is -0.177. The van der Waals surface area contributed by atoms with Gasteiger partial charge in [-0.3, -0.25) is 10.0 Å². The van der Waals surface area contributed by atoms with E-state index in [1.165, 1.54) is 18.2 Å². The molecule has 0 aliphatic heterocycles. The topological polar surface area (TPSA) is 135 Å². The first kappa shape index (κ1) is 30.2. The minimum absolute atomic E-state index is 0.0771. The van der Waals surface area contributed by atoms with E-state index in [1.54, 1.807) is 65.8 Å². The zero-order valence-corrected chi connectivity index (χ0v) is 23.6. The third kappa shape index (κ3) is 10.5. The summed E-state index contributed by atoms with van der Waals surface area (Å²) in [6.07, 6.45) is -1.72. The second kappa shape index (κ2) is 12.0. The summed E-state index contributed by atoms with van der Waals surface area (Å²) < 4.78 is 38.2. The van der Waals surface area contributed by atoms with Crippen molar-refractivity contribution in [3.8, 4) is 0 Å². The van der Waals surface area contributed by atoms with E-state index < -0.39 is 33.4 Å². The lowest BCUT2D eigenvalue weighted by molar-refractivity contribution is 0.0560. The Balaban J connectivity index is 2.13. The summed E-state index contributed by atoms with van der Waals surface area (Å²) in [7, 11) is -3.98. The molecule has 0 aliphatic rings. The van der Waals surface area contributed by atoms with E-state index in [2.05, 4.69) is 20.3 Å².